The van der Waals surface area contributed by atoms with Crippen molar-refractivity contribution in [1.29, 1.82) is 0 Å². The Hall–Kier alpha value is -5.66. The van der Waals surface area contributed by atoms with Crippen LogP contribution in [0.1, 0.15) is 41.5 Å². The van der Waals surface area contributed by atoms with Crippen molar-refractivity contribution in [1.82, 2.24) is 0 Å². The van der Waals surface area contributed by atoms with Gasteiger partial charge in [0, 0.05) is 17.1 Å². The predicted octanol–water partition coefficient (Wildman–Crippen LogP) is 12.8. The monoisotopic (exact) mass is 603 g/mol. The summed E-state index contributed by atoms with van der Waals surface area (Å²) in [6, 6.07) is 49.9. The molecule has 6 aromatic carbocycles. The molecule has 0 spiro atoms. The van der Waals surface area contributed by atoms with Crippen LogP contribution in [0.2, 0.25) is 0 Å². The normalized spacial score (nSPS) is 14.1. The van der Waals surface area contributed by atoms with Gasteiger partial charge >= 0.3 is 0 Å². The maximum atomic E-state index is 2.38. The lowest BCUT2D eigenvalue weighted by molar-refractivity contribution is 0.966. The minimum Gasteiger partial charge on any atom is -0.311 e. The molecule has 2 aliphatic carbocycles. The number of rotatable bonds is 7. The fourth-order valence-electron chi connectivity index (χ4n) is 7.21. The first kappa shape index (κ1) is 28.8. The zero-order valence-corrected chi connectivity index (χ0v) is 26.5. The third-order valence-electron chi connectivity index (χ3n) is 9.44. The number of nitrogens with zero attached hydrogens (tertiary/aromatic N) is 1. The number of para-hydroxylation sites is 2. The highest BCUT2D eigenvalue weighted by molar-refractivity contribution is 6.08. The molecule has 1 nitrogen and oxygen atoms in total. The van der Waals surface area contributed by atoms with Crippen LogP contribution in [-0.2, 0) is 6.42 Å². The molecule has 0 aliphatic heterocycles. The second kappa shape index (κ2) is 13.0. The van der Waals surface area contributed by atoms with Crippen LogP contribution in [0.15, 0.2) is 169 Å². The molecule has 226 valence electrons. The largest absolute Gasteiger partial charge is 0.311 e. The maximum absolute atomic E-state index is 2.38. The Balaban J connectivity index is 1.09. The molecule has 1 heteroatoms. The number of fused-ring (bicyclic) bond motifs is 2. The maximum Gasteiger partial charge on any atom is 0.0462 e. The third kappa shape index (κ3) is 5.77. The molecule has 47 heavy (non-hydrogen) atoms. The Morgan fingerprint density at radius 1 is 0.489 bits per heavy atom. The fraction of sp³-hybridized carbons (Fsp3) is 0.0870. The predicted molar refractivity (Wildman–Crippen MR) is 202 cm³/mol. The Morgan fingerprint density at radius 3 is 1.72 bits per heavy atom. The fourth-order valence-corrected chi connectivity index (χ4v) is 7.21. The van der Waals surface area contributed by atoms with Crippen molar-refractivity contribution >= 4 is 45.6 Å². The van der Waals surface area contributed by atoms with Crippen LogP contribution in [0.25, 0.3) is 39.6 Å². The summed E-state index contributed by atoms with van der Waals surface area (Å²) in [5, 5.41) is 2.72. The van der Waals surface area contributed by atoms with Gasteiger partial charge in [-0.3, -0.25) is 0 Å². The second-order valence-corrected chi connectivity index (χ2v) is 12.4. The topological polar surface area (TPSA) is 3.24 Å². The van der Waals surface area contributed by atoms with Crippen molar-refractivity contribution in [2.24, 2.45) is 0 Å². The molecular weight excluding hydrogens is 567 g/mol. The van der Waals surface area contributed by atoms with E-state index >= 15 is 0 Å². The van der Waals surface area contributed by atoms with Gasteiger partial charge in [-0.1, -0.05) is 140 Å². The van der Waals surface area contributed by atoms with E-state index in [1.54, 1.807) is 0 Å². The van der Waals surface area contributed by atoms with Crippen molar-refractivity contribution in [3.63, 3.8) is 0 Å². The standard InChI is InChI=1S/C46H37N/c1-4-14-36(15-5-1)45-41-20-10-12-22-43(41)46(44-23-13-11-21-42(44)45)37-30-26-34(27-31-37)24-25-35-28-32-40(33-29-35)47(38-16-6-2-7-17-38)39-18-8-3-9-19-39/h1-12,14-22,24-26,28-30,32-33H,13,23,27,31H2/b25-24+. The number of benzene rings is 6. The van der Waals surface area contributed by atoms with Crippen LogP contribution >= 0.6 is 0 Å². The average molecular weight is 604 g/mol. The molecule has 0 atom stereocenters. The number of hydrogen-bond acceptors (Lipinski definition) is 1. The highest BCUT2D eigenvalue weighted by Gasteiger charge is 2.23. The lowest BCUT2D eigenvalue weighted by Crippen LogP contribution is -2.09. The van der Waals surface area contributed by atoms with Gasteiger partial charge in [0.1, 0.15) is 0 Å². The van der Waals surface area contributed by atoms with Crippen LogP contribution in [0.3, 0.4) is 0 Å². The van der Waals surface area contributed by atoms with E-state index in [4.69, 9.17) is 0 Å². The highest BCUT2D eigenvalue weighted by atomic mass is 15.1. The summed E-state index contributed by atoms with van der Waals surface area (Å²) < 4.78 is 0. The minimum atomic E-state index is 1.04. The van der Waals surface area contributed by atoms with E-state index in [1.165, 1.54) is 55.3 Å². The lowest BCUT2D eigenvalue weighted by Gasteiger charge is -2.26. The number of allylic oxidation sites excluding steroid dienone is 6. The molecule has 0 saturated carbocycles. The molecule has 2 aliphatic rings. The Labute approximate surface area is 278 Å². The Morgan fingerprint density at radius 2 is 1.09 bits per heavy atom. The molecule has 0 amide bonds. The summed E-state index contributed by atoms with van der Waals surface area (Å²) in [6.45, 7) is 0. The molecule has 8 rings (SSSR count). The van der Waals surface area contributed by atoms with Crippen molar-refractivity contribution in [2.75, 3.05) is 4.90 Å². The van der Waals surface area contributed by atoms with Gasteiger partial charge in [-0.2, -0.15) is 0 Å². The minimum absolute atomic E-state index is 1.04. The molecular formula is C46H37N. The van der Waals surface area contributed by atoms with Gasteiger partial charge in [-0.25, -0.2) is 0 Å². The van der Waals surface area contributed by atoms with Crippen LogP contribution in [0.4, 0.5) is 17.1 Å². The zero-order chi connectivity index (χ0) is 31.4. The van der Waals surface area contributed by atoms with Crippen molar-refractivity contribution in [2.45, 2.75) is 25.7 Å². The lowest BCUT2D eigenvalue weighted by atomic mass is 9.78. The zero-order valence-electron chi connectivity index (χ0n) is 26.5. The molecule has 0 heterocycles. The first-order chi connectivity index (χ1) is 23.3. The first-order valence-corrected chi connectivity index (χ1v) is 16.7. The SMILES string of the molecule is C1=Cc2c(c(C3=CC=C(/C=C/c4ccc(N(c5ccccc5)c5ccccc5)cc4)CC3)c3ccccc3c2-c2ccccc2)CC1. The van der Waals surface area contributed by atoms with Crippen LogP contribution < -0.4 is 4.90 Å². The van der Waals surface area contributed by atoms with Gasteiger partial charge in [-0.05, 0) is 117 Å². The van der Waals surface area contributed by atoms with E-state index < -0.39 is 0 Å². The van der Waals surface area contributed by atoms with Crippen LogP contribution in [0.5, 0.6) is 0 Å². The van der Waals surface area contributed by atoms with E-state index in [0.717, 1.165) is 42.7 Å². The summed E-state index contributed by atoms with van der Waals surface area (Å²) in [4.78, 5) is 2.30. The molecule has 6 aromatic rings. The molecule has 0 aromatic heterocycles. The number of hydrogen-bond donors (Lipinski definition) is 0. The van der Waals surface area contributed by atoms with Gasteiger partial charge in [0.05, 0.1) is 0 Å². The second-order valence-electron chi connectivity index (χ2n) is 12.4. The van der Waals surface area contributed by atoms with E-state index in [0.29, 0.717) is 0 Å². The smallest absolute Gasteiger partial charge is 0.0462 e. The number of anilines is 3. The van der Waals surface area contributed by atoms with Crippen molar-refractivity contribution in [3.05, 3.63) is 192 Å². The Bertz CT molecular complexity index is 2110. The van der Waals surface area contributed by atoms with Crippen LogP contribution in [0, 0.1) is 0 Å². The van der Waals surface area contributed by atoms with Gasteiger partial charge < -0.3 is 4.90 Å². The first-order valence-electron chi connectivity index (χ1n) is 16.7. The third-order valence-corrected chi connectivity index (χ3v) is 9.44. The summed E-state index contributed by atoms with van der Waals surface area (Å²) in [7, 11) is 0. The molecule has 0 fully saturated rings. The van der Waals surface area contributed by atoms with Gasteiger partial charge in [0.2, 0.25) is 0 Å². The Kier molecular flexibility index (Phi) is 7.95. The van der Waals surface area contributed by atoms with E-state index in [-0.39, 0.29) is 0 Å². The molecule has 0 unspecified atom stereocenters. The molecule has 0 saturated heterocycles. The average Bonchev–Trinajstić information content (AvgIpc) is 3.15. The molecule has 0 bridgehead atoms. The van der Waals surface area contributed by atoms with E-state index in [2.05, 4.69) is 181 Å². The van der Waals surface area contributed by atoms with Gasteiger partial charge in [0.15, 0.2) is 0 Å². The van der Waals surface area contributed by atoms with Gasteiger partial charge in [-0.15, -0.1) is 0 Å². The van der Waals surface area contributed by atoms with Crippen molar-refractivity contribution < 1.29 is 0 Å². The highest BCUT2D eigenvalue weighted by Crippen LogP contribution is 2.44. The summed E-state index contributed by atoms with van der Waals surface area (Å²) >= 11 is 0. The van der Waals surface area contributed by atoms with E-state index in [9.17, 15) is 0 Å². The summed E-state index contributed by atoms with van der Waals surface area (Å²) in [6.07, 6.45) is 18.2. The van der Waals surface area contributed by atoms with E-state index in [1.807, 2.05) is 0 Å². The van der Waals surface area contributed by atoms with Gasteiger partial charge in [0.25, 0.3) is 0 Å². The molecule has 0 radical (unpaired) electrons. The quantitative estimate of drug-likeness (QED) is 0.175. The molecule has 0 N–H and O–H groups in total. The summed E-state index contributed by atoms with van der Waals surface area (Å²) in [5.74, 6) is 0. The summed E-state index contributed by atoms with van der Waals surface area (Å²) in [5.41, 5.74) is 14.5. The van der Waals surface area contributed by atoms with Crippen LogP contribution in [-0.4, -0.2) is 0 Å². The van der Waals surface area contributed by atoms with Crippen molar-refractivity contribution in [3.8, 4) is 11.1 Å².